The Balaban J connectivity index is 2.21. The first-order valence-electron chi connectivity index (χ1n) is 5.63. The summed E-state index contributed by atoms with van der Waals surface area (Å²) in [6.07, 6.45) is 0. The summed E-state index contributed by atoms with van der Waals surface area (Å²) in [5, 5.41) is 8.80. The third kappa shape index (κ3) is 3.43. The molecule has 1 atom stereocenters. The van der Waals surface area contributed by atoms with Gasteiger partial charge in [-0.15, -0.1) is 0 Å². The molecule has 0 spiro atoms. The summed E-state index contributed by atoms with van der Waals surface area (Å²) in [6, 6.07) is 10.1. The van der Waals surface area contributed by atoms with E-state index in [2.05, 4.69) is 0 Å². The highest BCUT2D eigenvalue weighted by molar-refractivity contribution is 7.84. The molecule has 2 rings (SSSR count). The quantitative estimate of drug-likeness (QED) is 0.940. The molecule has 0 radical (unpaired) electrons. The highest BCUT2D eigenvalue weighted by atomic mass is 35.5. The van der Waals surface area contributed by atoms with E-state index in [1.54, 1.807) is 12.1 Å². The maximum absolute atomic E-state index is 13.0. The molecule has 0 aliphatic rings. The zero-order valence-corrected chi connectivity index (χ0v) is 11.7. The van der Waals surface area contributed by atoms with E-state index in [4.69, 9.17) is 16.7 Å². The topological polar surface area (TPSA) is 54.4 Å². The van der Waals surface area contributed by atoms with E-state index in [1.807, 2.05) is 0 Å². The van der Waals surface area contributed by atoms with Gasteiger partial charge in [-0.3, -0.25) is 4.21 Å². The largest absolute Gasteiger partial charge is 0.478 e. The van der Waals surface area contributed by atoms with Gasteiger partial charge < -0.3 is 5.11 Å². The van der Waals surface area contributed by atoms with Gasteiger partial charge in [0.25, 0.3) is 0 Å². The SMILES string of the molecule is O=C(O)c1cccc(CS(=O)c2ccc(F)c(Cl)c2)c1. The molecule has 20 heavy (non-hydrogen) atoms. The maximum atomic E-state index is 13.0. The van der Waals surface area contributed by atoms with Crippen LogP contribution in [0.25, 0.3) is 0 Å². The van der Waals surface area contributed by atoms with Crippen LogP contribution in [-0.4, -0.2) is 15.3 Å². The number of rotatable bonds is 4. The van der Waals surface area contributed by atoms with Gasteiger partial charge in [-0.2, -0.15) is 0 Å². The first kappa shape index (κ1) is 14.7. The molecular weight excluding hydrogens is 303 g/mol. The van der Waals surface area contributed by atoms with Crippen LogP contribution < -0.4 is 0 Å². The van der Waals surface area contributed by atoms with E-state index in [1.165, 1.54) is 24.3 Å². The summed E-state index contributed by atoms with van der Waals surface area (Å²) in [6.45, 7) is 0. The third-order valence-corrected chi connectivity index (χ3v) is 4.29. The zero-order valence-electron chi connectivity index (χ0n) is 10.2. The van der Waals surface area contributed by atoms with Crippen LogP contribution in [0.2, 0.25) is 5.02 Å². The second-order valence-corrected chi connectivity index (χ2v) is 5.93. The van der Waals surface area contributed by atoms with E-state index in [-0.39, 0.29) is 16.3 Å². The van der Waals surface area contributed by atoms with Gasteiger partial charge in [0.15, 0.2) is 0 Å². The molecule has 0 aliphatic carbocycles. The molecule has 0 aliphatic heterocycles. The van der Waals surface area contributed by atoms with Crippen molar-refractivity contribution in [3.8, 4) is 0 Å². The normalized spacial score (nSPS) is 12.1. The van der Waals surface area contributed by atoms with Gasteiger partial charge in [-0.25, -0.2) is 9.18 Å². The predicted octanol–water partition coefficient (Wildman–Crippen LogP) is 3.49. The molecule has 0 saturated carbocycles. The molecule has 2 aromatic rings. The van der Waals surface area contributed by atoms with Crippen LogP contribution in [0.1, 0.15) is 15.9 Å². The fourth-order valence-corrected chi connectivity index (χ4v) is 3.01. The monoisotopic (exact) mass is 312 g/mol. The molecule has 2 aromatic carbocycles. The number of carboxylic acids is 1. The lowest BCUT2D eigenvalue weighted by molar-refractivity contribution is 0.0696. The van der Waals surface area contributed by atoms with E-state index in [0.717, 1.165) is 6.07 Å². The minimum atomic E-state index is -1.42. The molecule has 1 N–H and O–H groups in total. The summed E-state index contributed by atoms with van der Waals surface area (Å²) >= 11 is 5.64. The van der Waals surface area contributed by atoms with Gasteiger partial charge in [0.1, 0.15) is 5.82 Å². The Morgan fingerprint density at radius 2 is 2.00 bits per heavy atom. The minimum absolute atomic E-state index is 0.0878. The van der Waals surface area contributed by atoms with Crippen molar-refractivity contribution in [1.82, 2.24) is 0 Å². The average Bonchev–Trinajstić information content (AvgIpc) is 2.42. The van der Waals surface area contributed by atoms with Gasteiger partial charge in [0, 0.05) is 4.90 Å². The zero-order chi connectivity index (χ0) is 14.7. The van der Waals surface area contributed by atoms with Crippen LogP contribution >= 0.6 is 11.6 Å². The lowest BCUT2D eigenvalue weighted by Crippen LogP contribution is -2.00. The van der Waals surface area contributed by atoms with Gasteiger partial charge in [-0.05, 0) is 35.9 Å². The molecule has 0 aromatic heterocycles. The first-order chi connectivity index (χ1) is 9.47. The van der Waals surface area contributed by atoms with Crippen molar-refractivity contribution in [1.29, 1.82) is 0 Å². The van der Waals surface area contributed by atoms with Crippen LogP contribution in [0, 0.1) is 5.82 Å². The number of hydrogen-bond donors (Lipinski definition) is 1. The highest BCUT2D eigenvalue weighted by Gasteiger charge is 2.10. The Morgan fingerprint density at radius 3 is 2.65 bits per heavy atom. The molecule has 0 fully saturated rings. The molecule has 0 bridgehead atoms. The van der Waals surface area contributed by atoms with Gasteiger partial charge in [0.2, 0.25) is 0 Å². The van der Waals surface area contributed by atoms with Crippen molar-refractivity contribution >= 4 is 28.4 Å². The lowest BCUT2D eigenvalue weighted by Gasteiger charge is -2.05. The maximum Gasteiger partial charge on any atom is 0.335 e. The Bertz CT molecular complexity index is 688. The predicted molar refractivity (Wildman–Crippen MR) is 74.9 cm³/mol. The second-order valence-electron chi connectivity index (χ2n) is 4.07. The standard InChI is InChI=1S/C14H10ClFO3S/c15-12-7-11(4-5-13(12)16)20(19)8-9-2-1-3-10(6-9)14(17)18/h1-7H,8H2,(H,17,18). The van der Waals surface area contributed by atoms with Crippen LogP contribution in [0.15, 0.2) is 47.4 Å². The lowest BCUT2D eigenvalue weighted by atomic mass is 10.1. The second kappa shape index (κ2) is 6.15. The summed E-state index contributed by atoms with van der Waals surface area (Å²) in [7, 11) is -1.42. The average molecular weight is 313 g/mol. The van der Waals surface area contributed by atoms with E-state index in [9.17, 15) is 13.4 Å². The molecule has 0 heterocycles. The van der Waals surface area contributed by atoms with E-state index < -0.39 is 22.6 Å². The number of aromatic carboxylic acids is 1. The van der Waals surface area contributed by atoms with Crippen LogP contribution in [0.5, 0.6) is 0 Å². The number of hydrogen-bond acceptors (Lipinski definition) is 2. The summed E-state index contributed by atoms with van der Waals surface area (Å²) < 4.78 is 25.2. The fourth-order valence-electron chi connectivity index (χ4n) is 1.65. The number of halogens is 2. The molecule has 6 heteroatoms. The van der Waals surface area contributed by atoms with Crippen molar-refractivity contribution in [2.45, 2.75) is 10.6 Å². The molecular formula is C14H10ClFO3S. The first-order valence-corrected chi connectivity index (χ1v) is 7.33. The van der Waals surface area contributed by atoms with Gasteiger partial charge in [0.05, 0.1) is 27.1 Å². The summed E-state index contributed by atoms with van der Waals surface area (Å²) in [5.41, 5.74) is 0.764. The molecule has 0 amide bonds. The van der Waals surface area contributed by atoms with Crippen molar-refractivity contribution in [2.24, 2.45) is 0 Å². The van der Waals surface area contributed by atoms with Crippen LogP contribution in [0.3, 0.4) is 0 Å². The third-order valence-electron chi connectivity index (χ3n) is 2.63. The smallest absolute Gasteiger partial charge is 0.335 e. The Hall–Kier alpha value is -1.72. The van der Waals surface area contributed by atoms with Crippen LogP contribution in [0.4, 0.5) is 4.39 Å². The minimum Gasteiger partial charge on any atom is -0.478 e. The van der Waals surface area contributed by atoms with Gasteiger partial charge in [-0.1, -0.05) is 23.7 Å². The van der Waals surface area contributed by atoms with Crippen molar-refractivity contribution in [3.05, 3.63) is 64.4 Å². The highest BCUT2D eigenvalue weighted by Crippen LogP contribution is 2.20. The van der Waals surface area contributed by atoms with Crippen LogP contribution in [-0.2, 0) is 16.6 Å². The van der Waals surface area contributed by atoms with Crippen molar-refractivity contribution < 1.29 is 18.5 Å². The van der Waals surface area contributed by atoms with E-state index in [0.29, 0.717) is 10.5 Å². The van der Waals surface area contributed by atoms with E-state index >= 15 is 0 Å². The Kier molecular flexibility index (Phi) is 4.52. The molecule has 0 saturated heterocycles. The number of carbonyl (C=O) groups is 1. The molecule has 104 valence electrons. The summed E-state index contributed by atoms with van der Waals surface area (Å²) in [5.74, 6) is -1.47. The Labute approximate surface area is 122 Å². The molecule has 1 unspecified atom stereocenters. The number of carboxylic acid groups (broad SMARTS) is 1. The Morgan fingerprint density at radius 1 is 1.25 bits per heavy atom. The van der Waals surface area contributed by atoms with Crippen molar-refractivity contribution in [3.63, 3.8) is 0 Å². The fraction of sp³-hybridized carbons (Fsp3) is 0.0714. The van der Waals surface area contributed by atoms with Gasteiger partial charge >= 0.3 is 5.97 Å². The molecule has 3 nitrogen and oxygen atoms in total. The van der Waals surface area contributed by atoms with Crippen molar-refractivity contribution in [2.75, 3.05) is 0 Å². The number of benzene rings is 2. The summed E-state index contributed by atoms with van der Waals surface area (Å²) in [4.78, 5) is 11.3.